The quantitative estimate of drug-likeness (QED) is 0.178. The normalized spacial score (nSPS) is 11.8. The number of methoxy groups -OCH3 is 1. The van der Waals surface area contributed by atoms with Gasteiger partial charge < -0.3 is 20.1 Å². The second-order valence-corrected chi connectivity index (χ2v) is 10.9. The molecule has 40 heavy (non-hydrogen) atoms. The maximum absolute atomic E-state index is 13.2. The van der Waals surface area contributed by atoms with Crippen LogP contribution in [0.25, 0.3) is 10.8 Å². The highest BCUT2D eigenvalue weighted by Gasteiger charge is 2.26. The third-order valence-corrected chi connectivity index (χ3v) is 7.37. The van der Waals surface area contributed by atoms with E-state index in [0.717, 1.165) is 5.69 Å². The second-order valence-electron chi connectivity index (χ2n) is 9.40. The molecule has 0 heterocycles. The molecule has 0 saturated carbocycles. The van der Waals surface area contributed by atoms with Gasteiger partial charge in [0, 0.05) is 36.4 Å². The third-order valence-electron chi connectivity index (χ3n) is 5.88. The van der Waals surface area contributed by atoms with Gasteiger partial charge in [-0.15, -0.1) is 5.11 Å². The minimum atomic E-state index is -4.33. The van der Waals surface area contributed by atoms with Crippen LogP contribution in [0.2, 0.25) is 0 Å². The molecule has 11 heteroatoms. The van der Waals surface area contributed by atoms with Crippen LogP contribution in [0.4, 0.5) is 22.7 Å². The molecule has 0 fully saturated rings. The Kier molecular flexibility index (Phi) is 8.36. The number of hydrogen-bond acceptors (Lipinski definition) is 9. The zero-order valence-corrected chi connectivity index (χ0v) is 23.6. The van der Waals surface area contributed by atoms with Crippen LogP contribution in [0.15, 0.2) is 87.9 Å². The molecule has 2 N–H and O–H groups in total. The summed E-state index contributed by atoms with van der Waals surface area (Å²) in [6.45, 7) is 3.16. The van der Waals surface area contributed by atoms with Gasteiger partial charge in [0.1, 0.15) is 16.3 Å². The van der Waals surface area contributed by atoms with Gasteiger partial charge in [-0.05, 0) is 92.0 Å². The third kappa shape index (κ3) is 6.38. The minimum Gasteiger partial charge on any atom is -0.505 e. The van der Waals surface area contributed by atoms with E-state index in [-0.39, 0.29) is 16.5 Å². The van der Waals surface area contributed by atoms with Crippen LogP contribution in [0, 0.1) is 0 Å². The van der Waals surface area contributed by atoms with Crippen molar-refractivity contribution in [2.75, 3.05) is 31.4 Å². The van der Waals surface area contributed by atoms with Crippen molar-refractivity contribution in [1.29, 1.82) is 0 Å². The van der Waals surface area contributed by atoms with Gasteiger partial charge in [0.25, 0.3) is 16.0 Å². The molecular formula is C29H30N4O6S. The molecule has 0 aliphatic rings. The number of nitrogens with one attached hydrogen (secondary N) is 1. The number of benzene rings is 4. The first kappa shape index (κ1) is 28.5. The Bertz CT molecular complexity index is 1670. The van der Waals surface area contributed by atoms with Crippen molar-refractivity contribution in [2.24, 2.45) is 10.2 Å². The van der Waals surface area contributed by atoms with Gasteiger partial charge in [0.15, 0.2) is 5.75 Å². The van der Waals surface area contributed by atoms with Crippen LogP contribution in [-0.2, 0) is 14.3 Å². The molecule has 208 valence electrons. The van der Waals surface area contributed by atoms with Crippen molar-refractivity contribution in [3.8, 4) is 11.5 Å². The largest absolute Gasteiger partial charge is 0.505 e. The fourth-order valence-electron chi connectivity index (χ4n) is 3.89. The number of phenolic OH excluding ortho intramolecular Hbond substituents is 1. The Labute approximate surface area is 233 Å². The molecule has 0 bridgehead atoms. The highest BCUT2D eigenvalue weighted by atomic mass is 32.2. The summed E-state index contributed by atoms with van der Waals surface area (Å²) >= 11 is 0. The van der Waals surface area contributed by atoms with Crippen LogP contribution in [-0.4, -0.2) is 46.7 Å². The first-order valence-electron chi connectivity index (χ1n) is 12.4. The summed E-state index contributed by atoms with van der Waals surface area (Å²) < 4.78 is 36.6. The minimum absolute atomic E-state index is 0.262. The fourth-order valence-corrected chi connectivity index (χ4v) is 5.15. The number of aromatic hydroxyl groups is 1. The molecule has 0 aliphatic carbocycles. The van der Waals surface area contributed by atoms with Gasteiger partial charge in [0.2, 0.25) is 0 Å². The van der Waals surface area contributed by atoms with E-state index in [2.05, 4.69) is 15.5 Å². The van der Waals surface area contributed by atoms with E-state index in [1.807, 2.05) is 31.1 Å². The summed E-state index contributed by atoms with van der Waals surface area (Å²) in [6.07, 6.45) is -0.654. The Balaban J connectivity index is 1.74. The molecule has 10 nitrogen and oxygen atoms in total. The number of azo groups is 1. The van der Waals surface area contributed by atoms with Crippen LogP contribution < -0.4 is 15.0 Å². The number of phenols is 1. The highest BCUT2D eigenvalue weighted by Crippen LogP contribution is 2.43. The van der Waals surface area contributed by atoms with Crippen LogP contribution in [0.3, 0.4) is 0 Å². The smallest absolute Gasteiger partial charge is 0.299 e. The van der Waals surface area contributed by atoms with E-state index < -0.39 is 22.0 Å². The molecule has 0 radical (unpaired) electrons. The fraction of sp³-hybridized carbons (Fsp3) is 0.207. The lowest BCUT2D eigenvalue weighted by molar-refractivity contribution is 0.102. The molecule has 4 aromatic rings. The Morgan fingerprint density at radius 2 is 1.62 bits per heavy atom. The highest BCUT2D eigenvalue weighted by molar-refractivity contribution is 7.87. The summed E-state index contributed by atoms with van der Waals surface area (Å²) in [6, 6.07) is 19.8. The zero-order valence-electron chi connectivity index (χ0n) is 22.7. The van der Waals surface area contributed by atoms with E-state index in [0.29, 0.717) is 33.5 Å². The number of anilines is 2. The molecule has 4 rings (SSSR count). The van der Waals surface area contributed by atoms with E-state index in [4.69, 9.17) is 8.92 Å². The molecular weight excluding hydrogens is 532 g/mol. The maximum atomic E-state index is 13.2. The van der Waals surface area contributed by atoms with Gasteiger partial charge in [-0.25, -0.2) is 0 Å². The lowest BCUT2D eigenvalue weighted by Crippen LogP contribution is -2.13. The van der Waals surface area contributed by atoms with Gasteiger partial charge in [-0.2, -0.15) is 13.5 Å². The first-order chi connectivity index (χ1) is 19.0. The first-order valence-corrected chi connectivity index (χ1v) is 13.8. The Morgan fingerprint density at radius 1 is 0.950 bits per heavy atom. The summed E-state index contributed by atoms with van der Waals surface area (Å²) in [5, 5.41) is 22.8. The van der Waals surface area contributed by atoms with E-state index in [1.54, 1.807) is 68.4 Å². The summed E-state index contributed by atoms with van der Waals surface area (Å²) in [5.74, 6) is -0.109. The van der Waals surface area contributed by atoms with Crippen molar-refractivity contribution >= 4 is 49.5 Å². The van der Waals surface area contributed by atoms with E-state index in [9.17, 15) is 18.3 Å². The van der Waals surface area contributed by atoms with Gasteiger partial charge >= 0.3 is 0 Å². The van der Waals surface area contributed by atoms with Crippen molar-refractivity contribution in [3.05, 3.63) is 78.4 Å². The number of ether oxygens (including phenoxy) is 1. The number of carbonyl (C=O) groups is 1. The van der Waals surface area contributed by atoms with E-state index in [1.165, 1.54) is 13.2 Å². The molecule has 0 aliphatic heterocycles. The van der Waals surface area contributed by atoms with Crippen LogP contribution in [0.5, 0.6) is 11.5 Å². The Hall–Kier alpha value is -4.48. The van der Waals surface area contributed by atoms with Crippen molar-refractivity contribution in [3.63, 3.8) is 0 Å². The molecule has 4 aromatic carbocycles. The van der Waals surface area contributed by atoms with Crippen molar-refractivity contribution in [1.82, 2.24) is 0 Å². The van der Waals surface area contributed by atoms with Gasteiger partial charge in [-0.3, -0.25) is 8.98 Å². The van der Waals surface area contributed by atoms with Crippen molar-refractivity contribution < 1.29 is 27.2 Å². The number of carbonyl (C=O) groups excluding carboxylic acids is 1. The predicted octanol–water partition coefficient (Wildman–Crippen LogP) is 6.40. The molecule has 0 saturated heterocycles. The summed E-state index contributed by atoms with van der Waals surface area (Å²) in [5.41, 5.74) is 1.98. The average Bonchev–Trinajstić information content (AvgIpc) is 2.92. The van der Waals surface area contributed by atoms with Crippen LogP contribution in [0.1, 0.15) is 24.2 Å². The number of nitrogens with zero attached hydrogens (tertiary/aromatic N) is 3. The predicted molar refractivity (Wildman–Crippen MR) is 155 cm³/mol. The zero-order chi connectivity index (χ0) is 29.0. The topological polar surface area (TPSA) is 130 Å². The lowest BCUT2D eigenvalue weighted by atomic mass is 10.1. The summed E-state index contributed by atoms with van der Waals surface area (Å²) in [4.78, 5) is 14.4. The molecule has 0 unspecified atom stereocenters. The second kappa shape index (κ2) is 11.7. The molecule has 1 amide bonds. The molecule has 0 atom stereocenters. The average molecular weight is 563 g/mol. The lowest BCUT2D eigenvalue weighted by Gasteiger charge is -2.14. The maximum Gasteiger partial charge on any atom is 0.299 e. The standard InChI is InChI=1S/C29H30N4O6S/c1-18(2)39-40(36,37)26-17-20-16-22(30-29(35)19-6-11-23(12-7-19)33(3)4)10-15-25(20)28(34)27(26)32-31-21-8-13-24(38-5)14-9-21/h6-18,34H,1-5H3,(H,30,35). The number of amides is 1. The van der Waals surface area contributed by atoms with Gasteiger partial charge in [-0.1, -0.05) is 0 Å². The number of rotatable bonds is 9. The van der Waals surface area contributed by atoms with E-state index >= 15 is 0 Å². The number of hydrogen-bond donors (Lipinski definition) is 2. The SMILES string of the molecule is COc1ccc(N=Nc2c(S(=O)(=O)OC(C)C)cc3cc(NC(=O)c4ccc(N(C)C)cc4)ccc3c2O)cc1. The molecule has 0 spiro atoms. The van der Waals surface area contributed by atoms with Crippen LogP contribution >= 0.6 is 0 Å². The van der Waals surface area contributed by atoms with Crippen molar-refractivity contribution in [2.45, 2.75) is 24.8 Å². The monoisotopic (exact) mass is 562 g/mol. The van der Waals surface area contributed by atoms with Gasteiger partial charge in [0.05, 0.1) is 18.9 Å². The Morgan fingerprint density at radius 3 is 2.23 bits per heavy atom. The summed E-state index contributed by atoms with van der Waals surface area (Å²) in [7, 11) is 1.02. The molecule has 0 aromatic heterocycles. The number of fused-ring (bicyclic) bond motifs is 1.